The summed E-state index contributed by atoms with van der Waals surface area (Å²) >= 11 is 5.02. The Balaban J connectivity index is 2.01. The van der Waals surface area contributed by atoms with Gasteiger partial charge in [-0.1, -0.05) is 50.3 Å². The number of hydrogen-bond donors (Lipinski definition) is 2. The molecule has 1 aliphatic carbocycles. The summed E-state index contributed by atoms with van der Waals surface area (Å²) in [4.78, 5) is 12.7. The molecule has 1 amide bonds. The van der Waals surface area contributed by atoms with Crippen molar-refractivity contribution in [2.75, 3.05) is 0 Å². The first-order valence-electron chi connectivity index (χ1n) is 6.65. The number of carbonyl (C=O) groups excluding carboxylic acids is 1. The molecular weight excluding hydrogens is 256 g/mol. The Morgan fingerprint density at radius 1 is 1.32 bits per heavy atom. The zero-order valence-electron chi connectivity index (χ0n) is 11.3. The molecule has 0 saturated heterocycles. The Morgan fingerprint density at radius 2 is 1.84 bits per heavy atom. The summed E-state index contributed by atoms with van der Waals surface area (Å²) in [6.45, 7) is 4.01. The monoisotopic (exact) mass is 276 g/mol. The van der Waals surface area contributed by atoms with E-state index in [1.54, 1.807) is 0 Å². The number of nitrogens with one attached hydrogen (secondary N) is 1. The summed E-state index contributed by atoms with van der Waals surface area (Å²) in [5.74, 6) is 0.279. The van der Waals surface area contributed by atoms with E-state index in [0.29, 0.717) is 4.99 Å². The molecule has 0 saturated carbocycles. The zero-order valence-corrected chi connectivity index (χ0v) is 12.2. The Kier molecular flexibility index (Phi) is 4.20. The molecule has 3 N–H and O–H groups in total. The molecule has 0 radical (unpaired) electrons. The summed E-state index contributed by atoms with van der Waals surface area (Å²) in [6.07, 6.45) is 1.62. The Labute approximate surface area is 119 Å². The number of rotatable bonds is 4. The normalized spacial score (nSPS) is 16.2. The Morgan fingerprint density at radius 3 is 2.26 bits per heavy atom. The molecule has 0 bridgehead atoms. The highest BCUT2D eigenvalue weighted by Gasteiger charge is 2.29. The first kappa shape index (κ1) is 14.0. The van der Waals surface area contributed by atoms with Gasteiger partial charge in [0, 0.05) is 5.92 Å². The number of benzene rings is 1. The standard InChI is InChI=1S/C15H20N2OS/c1-9(2)13(14(16)19)17-15(18)12-7-10-5-3-4-6-11(10)8-12/h3-6,9,12-13H,7-8H2,1-2H3,(H2,16,19)(H,17,18). The van der Waals surface area contributed by atoms with Crippen LogP contribution in [0.15, 0.2) is 24.3 Å². The third-order valence-corrected chi connectivity index (χ3v) is 3.95. The van der Waals surface area contributed by atoms with Gasteiger partial charge in [-0.15, -0.1) is 0 Å². The fourth-order valence-electron chi connectivity index (χ4n) is 2.58. The number of amides is 1. The van der Waals surface area contributed by atoms with Crippen LogP contribution in [0.4, 0.5) is 0 Å². The van der Waals surface area contributed by atoms with Crippen LogP contribution >= 0.6 is 12.2 Å². The molecule has 102 valence electrons. The molecule has 1 aromatic carbocycles. The van der Waals surface area contributed by atoms with Gasteiger partial charge in [0.15, 0.2) is 0 Å². The molecule has 4 heteroatoms. The lowest BCUT2D eigenvalue weighted by Crippen LogP contribution is -2.48. The van der Waals surface area contributed by atoms with Gasteiger partial charge in [-0.2, -0.15) is 0 Å². The lowest BCUT2D eigenvalue weighted by atomic mass is 10.0. The van der Waals surface area contributed by atoms with E-state index in [4.69, 9.17) is 18.0 Å². The third-order valence-electron chi connectivity index (χ3n) is 3.69. The van der Waals surface area contributed by atoms with Crippen molar-refractivity contribution in [3.05, 3.63) is 35.4 Å². The fraction of sp³-hybridized carbons (Fsp3) is 0.467. The summed E-state index contributed by atoms with van der Waals surface area (Å²) < 4.78 is 0. The molecule has 1 unspecified atom stereocenters. The van der Waals surface area contributed by atoms with E-state index in [2.05, 4.69) is 17.4 Å². The molecule has 2 rings (SSSR count). The van der Waals surface area contributed by atoms with E-state index in [1.807, 2.05) is 26.0 Å². The molecule has 19 heavy (non-hydrogen) atoms. The maximum atomic E-state index is 12.3. The maximum Gasteiger partial charge on any atom is 0.224 e. The minimum atomic E-state index is -0.216. The van der Waals surface area contributed by atoms with Crippen LogP contribution in [0.25, 0.3) is 0 Å². The lowest BCUT2D eigenvalue weighted by molar-refractivity contribution is -0.125. The van der Waals surface area contributed by atoms with Crippen molar-refractivity contribution in [1.82, 2.24) is 5.32 Å². The van der Waals surface area contributed by atoms with Gasteiger partial charge >= 0.3 is 0 Å². The number of hydrogen-bond acceptors (Lipinski definition) is 2. The molecule has 0 aromatic heterocycles. The third kappa shape index (κ3) is 3.13. The van der Waals surface area contributed by atoms with Gasteiger partial charge in [0.1, 0.15) is 0 Å². The predicted molar refractivity (Wildman–Crippen MR) is 80.9 cm³/mol. The SMILES string of the molecule is CC(C)C(NC(=O)C1Cc2ccccc2C1)C(N)=S. The van der Waals surface area contributed by atoms with Crippen molar-refractivity contribution < 1.29 is 4.79 Å². The summed E-state index contributed by atoms with van der Waals surface area (Å²) in [6, 6.07) is 8.01. The van der Waals surface area contributed by atoms with Crippen LogP contribution in [0, 0.1) is 11.8 Å². The van der Waals surface area contributed by atoms with Gasteiger partial charge < -0.3 is 11.1 Å². The van der Waals surface area contributed by atoms with Crippen LogP contribution in [0.5, 0.6) is 0 Å². The molecule has 0 spiro atoms. The van der Waals surface area contributed by atoms with Gasteiger partial charge in [0.25, 0.3) is 0 Å². The molecule has 1 aromatic rings. The topological polar surface area (TPSA) is 55.1 Å². The van der Waals surface area contributed by atoms with Crippen LogP contribution in [0.1, 0.15) is 25.0 Å². The number of fused-ring (bicyclic) bond motifs is 1. The summed E-state index contributed by atoms with van der Waals surface area (Å²) in [7, 11) is 0. The average molecular weight is 276 g/mol. The van der Waals surface area contributed by atoms with Gasteiger partial charge in [0.05, 0.1) is 11.0 Å². The van der Waals surface area contributed by atoms with Crippen LogP contribution < -0.4 is 11.1 Å². The fourth-order valence-corrected chi connectivity index (χ4v) is 2.91. The van der Waals surface area contributed by atoms with Crippen molar-refractivity contribution in [3.8, 4) is 0 Å². The van der Waals surface area contributed by atoms with Crippen LogP contribution in [-0.2, 0) is 17.6 Å². The minimum absolute atomic E-state index is 0.00741. The van der Waals surface area contributed by atoms with Crippen LogP contribution in [-0.4, -0.2) is 16.9 Å². The van der Waals surface area contributed by atoms with E-state index in [0.717, 1.165) is 12.8 Å². The number of nitrogens with two attached hydrogens (primary N) is 1. The molecular formula is C15H20N2OS. The van der Waals surface area contributed by atoms with Gasteiger partial charge in [0.2, 0.25) is 5.91 Å². The number of carbonyl (C=O) groups is 1. The van der Waals surface area contributed by atoms with E-state index in [1.165, 1.54) is 11.1 Å². The van der Waals surface area contributed by atoms with Crippen molar-refractivity contribution in [2.45, 2.75) is 32.7 Å². The van der Waals surface area contributed by atoms with Crippen molar-refractivity contribution in [3.63, 3.8) is 0 Å². The Bertz CT molecular complexity index is 474. The zero-order chi connectivity index (χ0) is 14.0. The van der Waals surface area contributed by atoms with Gasteiger partial charge in [-0.05, 0) is 29.9 Å². The van der Waals surface area contributed by atoms with E-state index in [-0.39, 0.29) is 23.8 Å². The quantitative estimate of drug-likeness (QED) is 0.825. The molecule has 0 aliphatic heterocycles. The van der Waals surface area contributed by atoms with Gasteiger partial charge in [-0.3, -0.25) is 4.79 Å². The second kappa shape index (κ2) is 5.70. The highest BCUT2D eigenvalue weighted by atomic mass is 32.1. The smallest absolute Gasteiger partial charge is 0.224 e. The second-order valence-electron chi connectivity index (χ2n) is 5.51. The number of thiocarbonyl (C=S) groups is 1. The van der Waals surface area contributed by atoms with Crippen molar-refractivity contribution in [2.24, 2.45) is 17.6 Å². The summed E-state index contributed by atoms with van der Waals surface area (Å²) in [5.41, 5.74) is 8.24. The Hall–Kier alpha value is -1.42. The van der Waals surface area contributed by atoms with E-state index in [9.17, 15) is 4.79 Å². The van der Waals surface area contributed by atoms with Crippen LogP contribution in [0.3, 0.4) is 0 Å². The summed E-state index contributed by atoms with van der Waals surface area (Å²) in [5, 5.41) is 2.99. The first-order valence-corrected chi connectivity index (χ1v) is 7.06. The van der Waals surface area contributed by atoms with E-state index >= 15 is 0 Å². The van der Waals surface area contributed by atoms with E-state index < -0.39 is 0 Å². The maximum absolute atomic E-state index is 12.3. The predicted octanol–water partition coefficient (Wildman–Crippen LogP) is 1.83. The minimum Gasteiger partial charge on any atom is -0.392 e. The average Bonchev–Trinajstić information content (AvgIpc) is 2.78. The van der Waals surface area contributed by atoms with Crippen molar-refractivity contribution in [1.29, 1.82) is 0 Å². The largest absolute Gasteiger partial charge is 0.392 e. The lowest BCUT2D eigenvalue weighted by Gasteiger charge is -2.22. The van der Waals surface area contributed by atoms with Crippen molar-refractivity contribution >= 4 is 23.1 Å². The highest BCUT2D eigenvalue weighted by molar-refractivity contribution is 7.80. The second-order valence-corrected chi connectivity index (χ2v) is 5.98. The molecule has 1 aliphatic rings. The molecule has 0 heterocycles. The van der Waals surface area contributed by atoms with Crippen LogP contribution in [0.2, 0.25) is 0 Å². The first-order chi connectivity index (χ1) is 8.99. The molecule has 1 atom stereocenters. The molecule has 3 nitrogen and oxygen atoms in total. The highest BCUT2D eigenvalue weighted by Crippen LogP contribution is 2.26. The van der Waals surface area contributed by atoms with Gasteiger partial charge in [-0.25, -0.2) is 0 Å². The molecule has 0 fully saturated rings.